The van der Waals surface area contributed by atoms with Crippen LogP contribution in [0.15, 0.2) is 0 Å². The number of Topliss-reactive ketones (excluding diaryl/α,β-unsaturated/α-hetero) is 1. The largest absolute Gasteiger partial charge is 0.364 e. The first-order valence-electron chi connectivity index (χ1n) is 5.45. The van der Waals surface area contributed by atoms with Gasteiger partial charge in [0.25, 0.3) is 0 Å². The molecule has 0 fully saturated rings. The van der Waals surface area contributed by atoms with Gasteiger partial charge in [0.1, 0.15) is 13.2 Å². The van der Waals surface area contributed by atoms with Crippen molar-refractivity contribution in [2.75, 3.05) is 40.4 Å². The third-order valence-electron chi connectivity index (χ3n) is 2.00. The van der Waals surface area contributed by atoms with Crippen LogP contribution in [0.4, 0.5) is 0 Å². The molecule has 0 rings (SSSR count). The van der Waals surface area contributed by atoms with Gasteiger partial charge in [-0.2, -0.15) is 0 Å². The molecule has 5 nitrogen and oxygen atoms in total. The van der Waals surface area contributed by atoms with Gasteiger partial charge in [-0.1, -0.05) is 13.8 Å². The number of hydrogen-bond donors (Lipinski definition) is 1. The zero-order valence-corrected chi connectivity index (χ0v) is 10.6. The predicted octanol–water partition coefficient (Wildman–Crippen LogP) is -0.0941. The van der Waals surface area contributed by atoms with Crippen LogP contribution in [0.5, 0.6) is 0 Å². The number of ketones is 1. The first-order valence-corrected chi connectivity index (χ1v) is 5.45. The van der Waals surface area contributed by atoms with Crippen LogP contribution in [0.25, 0.3) is 0 Å². The van der Waals surface area contributed by atoms with Crippen molar-refractivity contribution >= 4 is 11.7 Å². The summed E-state index contributed by atoms with van der Waals surface area (Å²) < 4.78 is 5.00. The van der Waals surface area contributed by atoms with Gasteiger partial charge in [0, 0.05) is 19.0 Å². The fourth-order valence-electron chi connectivity index (χ4n) is 0.881. The highest BCUT2D eigenvalue weighted by atomic mass is 16.5. The van der Waals surface area contributed by atoms with Gasteiger partial charge in [-0.25, -0.2) is 0 Å². The summed E-state index contributed by atoms with van der Waals surface area (Å²) in [6, 6.07) is 0. The molecule has 0 aliphatic heterocycles. The summed E-state index contributed by atoms with van der Waals surface area (Å²) in [5.41, 5.74) is 0. The minimum absolute atomic E-state index is 0.0127. The Kier molecular flexibility index (Phi) is 7.76. The van der Waals surface area contributed by atoms with Crippen LogP contribution < -0.4 is 5.32 Å². The molecule has 0 unspecified atom stereocenters. The summed E-state index contributed by atoms with van der Waals surface area (Å²) in [5.74, 6) is -0.212. The molecule has 0 aromatic carbocycles. The van der Waals surface area contributed by atoms with E-state index >= 15 is 0 Å². The smallest absolute Gasteiger partial charge is 0.246 e. The molecule has 94 valence electrons. The molecule has 0 atom stereocenters. The first-order chi connectivity index (χ1) is 7.43. The number of nitrogens with one attached hydrogen (secondary N) is 1. The highest BCUT2D eigenvalue weighted by Crippen LogP contribution is 1.94. The van der Waals surface area contributed by atoms with E-state index in [0.717, 1.165) is 6.54 Å². The minimum Gasteiger partial charge on any atom is -0.364 e. The average molecular weight is 230 g/mol. The number of nitrogens with zero attached hydrogens (tertiary/aromatic N) is 1. The van der Waals surface area contributed by atoms with Crippen molar-refractivity contribution in [3.8, 4) is 0 Å². The highest BCUT2D eigenvalue weighted by molar-refractivity contribution is 5.82. The van der Waals surface area contributed by atoms with Crippen LogP contribution in [0.1, 0.15) is 13.8 Å². The lowest BCUT2D eigenvalue weighted by Gasteiger charge is -2.10. The second-order valence-electron chi connectivity index (χ2n) is 4.27. The van der Waals surface area contributed by atoms with Crippen LogP contribution in [-0.2, 0) is 14.3 Å². The highest BCUT2D eigenvalue weighted by Gasteiger charge is 2.08. The topological polar surface area (TPSA) is 58.6 Å². The number of rotatable bonds is 8. The van der Waals surface area contributed by atoms with Crippen molar-refractivity contribution in [1.29, 1.82) is 0 Å². The lowest BCUT2D eigenvalue weighted by Crippen LogP contribution is -2.34. The summed E-state index contributed by atoms with van der Waals surface area (Å²) in [7, 11) is 3.87. The zero-order valence-electron chi connectivity index (χ0n) is 10.6. The van der Waals surface area contributed by atoms with E-state index in [1.54, 1.807) is 0 Å². The van der Waals surface area contributed by atoms with Crippen LogP contribution >= 0.6 is 0 Å². The van der Waals surface area contributed by atoms with Crippen molar-refractivity contribution in [2.45, 2.75) is 13.8 Å². The summed E-state index contributed by atoms with van der Waals surface area (Å²) in [6.45, 7) is 4.96. The van der Waals surface area contributed by atoms with Crippen molar-refractivity contribution in [3.63, 3.8) is 0 Å². The quantitative estimate of drug-likeness (QED) is 0.633. The van der Waals surface area contributed by atoms with Gasteiger partial charge in [0.2, 0.25) is 5.91 Å². The minimum atomic E-state index is -0.182. The number of likely N-dealkylation sites (N-methyl/N-ethyl adjacent to an activating group) is 1. The third kappa shape index (κ3) is 8.38. The fraction of sp³-hybridized carbons (Fsp3) is 0.818. The Hall–Kier alpha value is -0.940. The number of carbonyl (C=O) groups excluding carboxylic acids is 2. The summed E-state index contributed by atoms with van der Waals surface area (Å²) in [5, 5.41) is 2.70. The second-order valence-corrected chi connectivity index (χ2v) is 4.27. The Balaban J connectivity index is 3.48. The molecule has 0 heterocycles. The van der Waals surface area contributed by atoms with Crippen LogP contribution in [0, 0.1) is 5.92 Å². The van der Waals surface area contributed by atoms with Crippen molar-refractivity contribution in [3.05, 3.63) is 0 Å². The van der Waals surface area contributed by atoms with Crippen LogP contribution in [0.3, 0.4) is 0 Å². The molecule has 0 spiro atoms. The van der Waals surface area contributed by atoms with Gasteiger partial charge in [-0.15, -0.1) is 0 Å². The molecular formula is C11H22N2O3. The van der Waals surface area contributed by atoms with E-state index in [1.165, 1.54) is 0 Å². The molecule has 16 heavy (non-hydrogen) atoms. The Bertz CT molecular complexity index is 227. The van der Waals surface area contributed by atoms with Gasteiger partial charge in [0.05, 0.1) is 0 Å². The lowest BCUT2D eigenvalue weighted by molar-refractivity contribution is -0.131. The first kappa shape index (κ1) is 15.1. The maximum atomic E-state index is 11.2. The van der Waals surface area contributed by atoms with E-state index < -0.39 is 0 Å². The molecular weight excluding hydrogens is 208 g/mol. The SMILES string of the molecule is CC(C)C(=O)COCC(=O)NCCN(C)C. The van der Waals surface area contributed by atoms with E-state index in [1.807, 2.05) is 32.8 Å². The Morgan fingerprint density at radius 2 is 1.88 bits per heavy atom. The average Bonchev–Trinajstić information content (AvgIpc) is 2.16. The molecule has 0 bridgehead atoms. The van der Waals surface area contributed by atoms with E-state index in [-0.39, 0.29) is 30.8 Å². The fourth-order valence-corrected chi connectivity index (χ4v) is 0.881. The normalized spacial score (nSPS) is 10.9. The summed E-state index contributed by atoms with van der Waals surface area (Å²) in [4.78, 5) is 24.3. The number of ether oxygens (including phenoxy) is 1. The Labute approximate surface area is 97.1 Å². The monoisotopic (exact) mass is 230 g/mol. The molecule has 0 saturated heterocycles. The van der Waals surface area contributed by atoms with Crippen molar-refractivity contribution in [1.82, 2.24) is 10.2 Å². The number of hydrogen-bond acceptors (Lipinski definition) is 4. The summed E-state index contributed by atoms with van der Waals surface area (Å²) in [6.07, 6.45) is 0. The van der Waals surface area contributed by atoms with Gasteiger partial charge in [-0.3, -0.25) is 9.59 Å². The van der Waals surface area contributed by atoms with Gasteiger partial charge < -0.3 is 15.0 Å². The maximum absolute atomic E-state index is 11.2. The number of carbonyl (C=O) groups is 2. The molecule has 0 aromatic rings. The molecule has 0 aromatic heterocycles. The second kappa shape index (κ2) is 8.24. The lowest BCUT2D eigenvalue weighted by atomic mass is 10.1. The van der Waals surface area contributed by atoms with Crippen LogP contribution in [-0.4, -0.2) is 57.0 Å². The maximum Gasteiger partial charge on any atom is 0.246 e. The molecule has 0 saturated carbocycles. The van der Waals surface area contributed by atoms with Crippen LogP contribution in [0.2, 0.25) is 0 Å². The van der Waals surface area contributed by atoms with Gasteiger partial charge in [0.15, 0.2) is 5.78 Å². The molecule has 1 N–H and O–H groups in total. The van der Waals surface area contributed by atoms with E-state index in [0.29, 0.717) is 6.54 Å². The standard InChI is InChI=1S/C11H22N2O3/c1-9(2)10(14)7-16-8-11(15)12-5-6-13(3)4/h9H,5-8H2,1-4H3,(H,12,15). The molecule has 0 aliphatic rings. The molecule has 1 amide bonds. The Morgan fingerprint density at radius 1 is 1.25 bits per heavy atom. The molecule has 0 radical (unpaired) electrons. The molecule has 0 aliphatic carbocycles. The zero-order chi connectivity index (χ0) is 12.6. The summed E-state index contributed by atoms with van der Waals surface area (Å²) >= 11 is 0. The van der Waals surface area contributed by atoms with E-state index in [9.17, 15) is 9.59 Å². The Morgan fingerprint density at radius 3 is 2.38 bits per heavy atom. The van der Waals surface area contributed by atoms with Gasteiger partial charge in [-0.05, 0) is 14.1 Å². The number of amides is 1. The third-order valence-corrected chi connectivity index (χ3v) is 2.00. The predicted molar refractivity (Wildman–Crippen MR) is 62.2 cm³/mol. The van der Waals surface area contributed by atoms with E-state index in [2.05, 4.69) is 5.32 Å². The molecule has 5 heteroatoms. The van der Waals surface area contributed by atoms with Crippen molar-refractivity contribution < 1.29 is 14.3 Å². The van der Waals surface area contributed by atoms with Crippen molar-refractivity contribution in [2.24, 2.45) is 5.92 Å². The van der Waals surface area contributed by atoms with Gasteiger partial charge >= 0.3 is 0 Å². The van der Waals surface area contributed by atoms with E-state index in [4.69, 9.17) is 4.74 Å².